The number of nitrogens with two attached hydrogens (primary N) is 1. The summed E-state index contributed by atoms with van der Waals surface area (Å²) < 4.78 is 0. The highest BCUT2D eigenvalue weighted by atomic mass is 16.2. The minimum atomic E-state index is 0.0738. The van der Waals surface area contributed by atoms with E-state index in [0.29, 0.717) is 17.3 Å². The maximum absolute atomic E-state index is 12.7. The number of likely N-dealkylation sites (tertiary alicyclic amines) is 1. The van der Waals surface area contributed by atoms with Gasteiger partial charge in [0.1, 0.15) is 5.82 Å². The van der Waals surface area contributed by atoms with Crippen molar-refractivity contribution in [3.05, 3.63) is 36.0 Å². The first-order valence-corrected chi connectivity index (χ1v) is 7.13. The maximum Gasteiger partial charge on any atom is 0.256 e. The van der Waals surface area contributed by atoms with E-state index >= 15 is 0 Å². The first-order chi connectivity index (χ1) is 9.70. The quantitative estimate of drug-likeness (QED) is 0.911. The van der Waals surface area contributed by atoms with Gasteiger partial charge in [0.15, 0.2) is 0 Å². The first kappa shape index (κ1) is 12.9. The van der Waals surface area contributed by atoms with E-state index in [1.54, 1.807) is 6.20 Å². The summed E-state index contributed by atoms with van der Waals surface area (Å²) in [5, 5.41) is 1.74. The molecule has 0 aliphatic carbocycles. The molecule has 1 aromatic heterocycles. The lowest BCUT2D eigenvalue weighted by molar-refractivity contribution is 0.0788. The minimum Gasteiger partial charge on any atom is -0.383 e. The number of nitrogens with zero attached hydrogens (tertiary/aromatic N) is 2. The molecule has 20 heavy (non-hydrogen) atoms. The largest absolute Gasteiger partial charge is 0.383 e. The second kappa shape index (κ2) is 5.12. The Kier molecular flexibility index (Phi) is 3.30. The van der Waals surface area contributed by atoms with Crippen LogP contribution in [0.5, 0.6) is 0 Å². The third-order valence-corrected chi connectivity index (χ3v) is 4.21. The summed E-state index contributed by atoms with van der Waals surface area (Å²) in [7, 11) is 0. The summed E-state index contributed by atoms with van der Waals surface area (Å²) >= 11 is 0. The SMILES string of the molecule is CCC1CCN(C(=O)c2cnc(N)c3ccccc23)C1. The highest BCUT2D eigenvalue weighted by molar-refractivity contribution is 6.09. The summed E-state index contributed by atoms with van der Waals surface area (Å²) in [4.78, 5) is 18.8. The van der Waals surface area contributed by atoms with Crippen LogP contribution in [0.3, 0.4) is 0 Å². The highest BCUT2D eigenvalue weighted by Crippen LogP contribution is 2.26. The molecule has 3 rings (SSSR count). The van der Waals surface area contributed by atoms with Crippen molar-refractivity contribution in [2.75, 3.05) is 18.8 Å². The van der Waals surface area contributed by atoms with Gasteiger partial charge in [-0.1, -0.05) is 37.6 Å². The number of rotatable bonds is 2. The number of hydrogen-bond acceptors (Lipinski definition) is 3. The van der Waals surface area contributed by atoms with Gasteiger partial charge < -0.3 is 10.6 Å². The third kappa shape index (κ3) is 2.11. The molecule has 1 aliphatic rings. The molecule has 4 nitrogen and oxygen atoms in total. The number of benzene rings is 1. The number of hydrogen-bond donors (Lipinski definition) is 1. The zero-order valence-corrected chi connectivity index (χ0v) is 11.7. The van der Waals surface area contributed by atoms with Crippen molar-refractivity contribution < 1.29 is 4.79 Å². The average molecular weight is 269 g/mol. The Bertz CT molecular complexity index is 653. The van der Waals surface area contributed by atoms with Crippen LogP contribution < -0.4 is 5.73 Å². The predicted octanol–water partition coefficient (Wildman–Crippen LogP) is 2.69. The smallest absolute Gasteiger partial charge is 0.256 e. The predicted molar refractivity (Wildman–Crippen MR) is 80.5 cm³/mol. The Balaban J connectivity index is 1.98. The standard InChI is InChI=1S/C16H19N3O/c1-2-11-7-8-19(10-11)16(20)14-9-18-15(17)13-6-4-3-5-12(13)14/h3-6,9,11H,2,7-8,10H2,1H3,(H2,17,18). The number of fused-ring (bicyclic) bond motifs is 1. The normalized spacial score (nSPS) is 18.6. The lowest BCUT2D eigenvalue weighted by atomic mass is 10.1. The topological polar surface area (TPSA) is 59.2 Å². The average Bonchev–Trinajstić information content (AvgIpc) is 2.96. The van der Waals surface area contributed by atoms with Gasteiger partial charge in [-0.25, -0.2) is 4.98 Å². The monoisotopic (exact) mass is 269 g/mol. The molecule has 1 saturated heterocycles. The fourth-order valence-electron chi connectivity index (χ4n) is 2.91. The molecule has 2 heterocycles. The number of carbonyl (C=O) groups is 1. The number of nitrogen functional groups attached to an aromatic ring is 1. The summed E-state index contributed by atoms with van der Waals surface area (Å²) in [6, 6.07) is 7.69. The van der Waals surface area contributed by atoms with Crippen molar-refractivity contribution in [3.63, 3.8) is 0 Å². The van der Waals surface area contributed by atoms with Crippen LogP contribution in [0.4, 0.5) is 5.82 Å². The van der Waals surface area contributed by atoms with E-state index in [0.717, 1.165) is 36.7 Å². The Labute approximate surface area is 118 Å². The van der Waals surface area contributed by atoms with Crippen LogP contribution in [0.2, 0.25) is 0 Å². The van der Waals surface area contributed by atoms with Gasteiger partial charge in [0, 0.05) is 24.7 Å². The molecule has 2 N–H and O–H groups in total. The van der Waals surface area contributed by atoms with Crippen LogP contribution in [0.1, 0.15) is 30.1 Å². The molecule has 104 valence electrons. The van der Waals surface area contributed by atoms with E-state index in [2.05, 4.69) is 11.9 Å². The van der Waals surface area contributed by atoms with Crippen molar-refractivity contribution in [2.45, 2.75) is 19.8 Å². The zero-order valence-electron chi connectivity index (χ0n) is 11.7. The highest BCUT2D eigenvalue weighted by Gasteiger charge is 2.27. The van der Waals surface area contributed by atoms with Crippen molar-refractivity contribution in [1.82, 2.24) is 9.88 Å². The summed E-state index contributed by atoms with van der Waals surface area (Å²) in [5.74, 6) is 1.18. The second-order valence-electron chi connectivity index (χ2n) is 5.42. The zero-order chi connectivity index (χ0) is 14.1. The molecule has 0 bridgehead atoms. The number of anilines is 1. The fraction of sp³-hybridized carbons (Fsp3) is 0.375. The van der Waals surface area contributed by atoms with Gasteiger partial charge in [-0.3, -0.25) is 4.79 Å². The van der Waals surface area contributed by atoms with E-state index in [9.17, 15) is 4.79 Å². The third-order valence-electron chi connectivity index (χ3n) is 4.21. The van der Waals surface area contributed by atoms with Gasteiger partial charge in [-0.15, -0.1) is 0 Å². The van der Waals surface area contributed by atoms with Crippen LogP contribution in [0.25, 0.3) is 10.8 Å². The van der Waals surface area contributed by atoms with Crippen LogP contribution in [0.15, 0.2) is 30.5 Å². The van der Waals surface area contributed by atoms with E-state index < -0.39 is 0 Å². The fourth-order valence-corrected chi connectivity index (χ4v) is 2.91. The molecule has 4 heteroatoms. The summed E-state index contributed by atoms with van der Waals surface area (Å²) in [6.07, 6.45) is 3.84. The van der Waals surface area contributed by atoms with Crippen molar-refractivity contribution >= 4 is 22.5 Å². The molecule has 1 aliphatic heterocycles. The molecule has 1 atom stereocenters. The van der Waals surface area contributed by atoms with Crippen LogP contribution in [0, 0.1) is 5.92 Å². The van der Waals surface area contributed by atoms with Crippen LogP contribution >= 0.6 is 0 Å². The molecule has 1 unspecified atom stereocenters. The lowest BCUT2D eigenvalue weighted by Crippen LogP contribution is -2.29. The Morgan fingerprint density at radius 2 is 2.15 bits per heavy atom. The van der Waals surface area contributed by atoms with Gasteiger partial charge in [0.25, 0.3) is 5.91 Å². The maximum atomic E-state index is 12.7. The van der Waals surface area contributed by atoms with Gasteiger partial charge >= 0.3 is 0 Å². The van der Waals surface area contributed by atoms with Gasteiger partial charge in [-0.05, 0) is 17.7 Å². The minimum absolute atomic E-state index is 0.0738. The van der Waals surface area contributed by atoms with E-state index in [1.807, 2.05) is 29.2 Å². The van der Waals surface area contributed by atoms with E-state index in [4.69, 9.17) is 5.73 Å². The molecular weight excluding hydrogens is 250 g/mol. The Morgan fingerprint density at radius 1 is 1.40 bits per heavy atom. The number of amides is 1. The van der Waals surface area contributed by atoms with Crippen LogP contribution in [-0.2, 0) is 0 Å². The number of pyridine rings is 1. The van der Waals surface area contributed by atoms with Crippen molar-refractivity contribution in [3.8, 4) is 0 Å². The Hall–Kier alpha value is -2.10. The summed E-state index contributed by atoms with van der Waals surface area (Å²) in [6.45, 7) is 3.88. The van der Waals surface area contributed by atoms with E-state index in [-0.39, 0.29) is 5.91 Å². The first-order valence-electron chi connectivity index (χ1n) is 7.13. The molecule has 0 spiro atoms. The lowest BCUT2D eigenvalue weighted by Gasteiger charge is -2.17. The van der Waals surface area contributed by atoms with E-state index in [1.165, 1.54) is 0 Å². The molecule has 1 fully saturated rings. The molecule has 0 radical (unpaired) electrons. The molecule has 1 aromatic carbocycles. The van der Waals surface area contributed by atoms with Crippen molar-refractivity contribution in [2.24, 2.45) is 5.92 Å². The molecular formula is C16H19N3O. The molecule has 1 amide bonds. The second-order valence-corrected chi connectivity index (χ2v) is 5.42. The van der Waals surface area contributed by atoms with Gasteiger partial charge in [-0.2, -0.15) is 0 Å². The number of aromatic nitrogens is 1. The van der Waals surface area contributed by atoms with Crippen molar-refractivity contribution in [1.29, 1.82) is 0 Å². The number of carbonyl (C=O) groups excluding carboxylic acids is 1. The molecule has 2 aromatic rings. The van der Waals surface area contributed by atoms with Gasteiger partial charge in [0.05, 0.1) is 5.56 Å². The van der Waals surface area contributed by atoms with Gasteiger partial charge in [0.2, 0.25) is 0 Å². The Morgan fingerprint density at radius 3 is 2.85 bits per heavy atom. The van der Waals surface area contributed by atoms with Crippen LogP contribution in [-0.4, -0.2) is 28.9 Å². The summed E-state index contributed by atoms with van der Waals surface area (Å²) in [5.41, 5.74) is 6.55. The molecule has 0 saturated carbocycles.